The van der Waals surface area contributed by atoms with Gasteiger partial charge in [-0.1, -0.05) is 12.1 Å². The van der Waals surface area contributed by atoms with E-state index in [0.717, 1.165) is 27.7 Å². The van der Waals surface area contributed by atoms with E-state index in [4.69, 9.17) is 8.53 Å². The highest BCUT2D eigenvalue weighted by atomic mass is 16.3. The number of benzene rings is 1. The number of anilines is 3. The van der Waals surface area contributed by atoms with E-state index < -0.39 is 13.1 Å². The van der Waals surface area contributed by atoms with Crippen LogP contribution in [0.5, 0.6) is 0 Å². The van der Waals surface area contributed by atoms with Crippen LogP contribution < -0.4 is 9.80 Å². The normalized spacial score (nSPS) is 18.9. The predicted molar refractivity (Wildman–Crippen MR) is 103 cm³/mol. The van der Waals surface area contributed by atoms with Crippen LogP contribution in [0.4, 0.5) is 17.3 Å². The van der Waals surface area contributed by atoms with E-state index in [0.29, 0.717) is 22.9 Å². The molecule has 0 amide bonds. The lowest BCUT2D eigenvalue weighted by Gasteiger charge is -2.27. The first kappa shape index (κ1) is 12.2. The van der Waals surface area contributed by atoms with Gasteiger partial charge < -0.3 is 9.32 Å². The van der Waals surface area contributed by atoms with E-state index in [9.17, 15) is 0 Å². The molecule has 1 unspecified atom stereocenters. The van der Waals surface area contributed by atoms with Gasteiger partial charge in [0.25, 0.3) is 0 Å². The van der Waals surface area contributed by atoms with Gasteiger partial charge in [-0.2, -0.15) is 0 Å². The molecule has 0 bridgehead atoms. The Labute approximate surface area is 155 Å². The molecule has 0 fully saturated rings. The number of hydrogen-bond donors (Lipinski definition) is 0. The fourth-order valence-corrected chi connectivity index (χ4v) is 3.62. The molecule has 0 aliphatic carbocycles. The summed E-state index contributed by atoms with van der Waals surface area (Å²) in [6.07, 6.45) is 2.56. The Hall–Kier alpha value is -3.15. The van der Waals surface area contributed by atoms with E-state index in [1.165, 1.54) is 11.1 Å². The van der Waals surface area contributed by atoms with E-state index in [1.54, 1.807) is 6.20 Å². The summed E-state index contributed by atoms with van der Waals surface area (Å²) in [6, 6.07) is 7.97. The van der Waals surface area contributed by atoms with Gasteiger partial charge in [0.2, 0.25) is 5.71 Å². The van der Waals surface area contributed by atoms with Crippen molar-refractivity contribution in [2.45, 2.75) is 26.9 Å². The number of nitrogens with zero attached hydrogens (tertiary/aromatic N) is 5. The Morgan fingerprint density at radius 3 is 2.62 bits per heavy atom. The first-order valence-electron chi connectivity index (χ1n) is 9.96. The average Bonchev–Trinajstić information content (AvgIpc) is 3.15. The second kappa shape index (κ2) is 5.17. The zero-order chi connectivity index (χ0) is 20.5. The highest BCUT2D eigenvalue weighted by molar-refractivity contribution is 6.09. The molecule has 6 heteroatoms. The largest absolute Gasteiger partial charge is 0.435 e. The van der Waals surface area contributed by atoms with Gasteiger partial charge in [0.1, 0.15) is 6.17 Å². The third kappa shape index (κ3) is 1.89. The van der Waals surface area contributed by atoms with Crippen LogP contribution >= 0.6 is 0 Å². The lowest BCUT2D eigenvalue weighted by molar-refractivity contribution is 0.646. The monoisotopic (exact) mass is 348 g/mol. The Balaban J connectivity index is 1.81. The minimum Gasteiger partial charge on any atom is -0.435 e. The van der Waals surface area contributed by atoms with Crippen LogP contribution in [0.1, 0.15) is 22.3 Å². The van der Waals surface area contributed by atoms with Crippen molar-refractivity contribution in [2.75, 3.05) is 16.8 Å². The molecule has 0 spiro atoms. The summed E-state index contributed by atoms with van der Waals surface area (Å²) in [7, 11) is 0. The van der Waals surface area contributed by atoms with Gasteiger partial charge in [-0.3, -0.25) is 4.90 Å². The summed E-state index contributed by atoms with van der Waals surface area (Å²) in [5.74, 6) is 0.831. The van der Waals surface area contributed by atoms with Crippen molar-refractivity contribution in [3.05, 3.63) is 47.9 Å². The number of furan rings is 1. The minimum atomic E-state index is -2.35. The Morgan fingerprint density at radius 2 is 1.81 bits per heavy atom. The van der Waals surface area contributed by atoms with Gasteiger partial charge in [-0.15, -0.1) is 0 Å². The predicted octanol–water partition coefficient (Wildman–Crippen LogP) is 4.32. The number of aromatic nitrogens is 3. The summed E-state index contributed by atoms with van der Waals surface area (Å²) in [4.78, 5) is 16.5. The minimum absolute atomic E-state index is 0.335. The van der Waals surface area contributed by atoms with Crippen molar-refractivity contribution in [3.63, 3.8) is 0 Å². The fourth-order valence-electron chi connectivity index (χ4n) is 3.62. The molecule has 1 aromatic carbocycles. The standard InChI is InChI=1S/C20H19N5O/c1-11-5-7-14-15-8-6-12(2)23-20(15)26-17(14)16(11)25-13(3)24(4)18-19(25)22-10-9-21-18/h5-10,13H,1-4H3/i4D3. The molecule has 0 radical (unpaired) electrons. The smallest absolute Gasteiger partial charge is 0.227 e. The lowest BCUT2D eigenvalue weighted by atomic mass is 10.1. The van der Waals surface area contributed by atoms with Gasteiger partial charge in [0, 0.05) is 39.9 Å². The van der Waals surface area contributed by atoms with E-state index in [2.05, 4.69) is 15.0 Å². The number of aryl methyl sites for hydroxylation is 2. The molecule has 130 valence electrons. The lowest BCUT2D eigenvalue weighted by Crippen LogP contribution is -2.36. The van der Waals surface area contributed by atoms with Crippen LogP contribution in [0.25, 0.3) is 22.1 Å². The fraction of sp³-hybridized carbons (Fsp3) is 0.250. The number of fused-ring (bicyclic) bond motifs is 4. The third-order valence-corrected chi connectivity index (χ3v) is 4.93. The molecule has 0 saturated heterocycles. The second-order valence-electron chi connectivity index (χ2n) is 6.59. The van der Waals surface area contributed by atoms with E-state index in [-0.39, 0.29) is 0 Å². The Bertz CT molecular complexity index is 1270. The molecule has 0 saturated carbocycles. The van der Waals surface area contributed by atoms with E-state index >= 15 is 0 Å². The highest BCUT2D eigenvalue weighted by Crippen LogP contribution is 2.45. The SMILES string of the molecule is [2H]C([2H])([2H])N1c2nccnc2N(c2c(C)ccc3c2oc2nc(C)ccc23)C1C. The molecular formula is C20H19N5O. The maximum Gasteiger partial charge on any atom is 0.227 e. The van der Waals surface area contributed by atoms with Crippen molar-refractivity contribution in [1.29, 1.82) is 0 Å². The first-order valence-corrected chi connectivity index (χ1v) is 8.46. The number of rotatable bonds is 1. The zero-order valence-electron chi connectivity index (χ0n) is 17.7. The molecule has 0 N–H and O–H groups in total. The van der Waals surface area contributed by atoms with Crippen LogP contribution in [0.15, 0.2) is 41.1 Å². The van der Waals surface area contributed by atoms with Gasteiger partial charge in [-0.25, -0.2) is 15.0 Å². The average molecular weight is 348 g/mol. The van der Waals surface area contributed by atoms with Crippen molar-refractivity contribution >= 4 is 39.4 Å². The van der Waals surface area contributed by atoms with Crippen LogP contribution in [-0.4, -0.2) is 28.1 Å². The summed E-state index contributed by atoms with van der Waals surface area (Å²) < 4.78 is 30.2. The van der Waals surface area contributed by atoms with Crippen LogP contribution in [0.2, 0.25) is 0 Å². The maximum absolute atomic E-state index is 8.00. The number of hydrogen-bond acceptors (Lipinski definition) is 6. The molecule has 4 aromatic rings. The van der Waals surface area contributed by atoms with Crippen LogP contribution in [-0.2, 0) is 0 Å². The van der Waals surface area contributed by atoms with Gasteiger partial charge in [-0.05, 0) is 38.5 Å². The quantitative estimate of drug-likeness (QED) is 0.510. The van der Waals surface area contributed by atoms with Gasteiger partial charge in [0.15, 0.2) is 17.2 Å². The molecule has 3 aromatic heterocycles. The molecule has 6 nitrogen and oxygen atoms in total. The van der Waals surface area contributed by atoms with Gasteiger partial charge >= 0.3 is 0 Å². The third-order valence-electron chi connectivity index (χ3n) is 4.93. The molecule has 1 aliphatic heterocycles. The van der Waals surface area contributed by atoms with Crippen molar-refractivity contribution in [1.82, 2.24) is 15.0 Å². The molecule has 4 heterocycles. The topological polar surface area (TPSA) is 58.3 Å². The first-order chi connectivity index (χ1) is 13.8. The molecule has 1 aliphatic rings. The molecule has 26 heavy (non-hydrogen) atoms. The highest BCUT2D eigenvalue weighted by Gasteiger charge is 2.36. The van der Waals surface area contributed by atoms with Crippen LogP contribution in [0, 0.1) is 13.8 Å². The van der Waals surface area contributed by atoms with Gasteiger partial charge in [0.05, 0.1) is 5.69 Å². The molecule has 1 atom stereocenters. The molecular weight excluding hydrogens is 326 g/mol. The van der Waals surface area contributed by atoms with Crippen molar-refractivity contribution in [3.8, 4) is 0 Å². The summed E-state index contributed by atoms with van der Waals surface area (Å²) in [5.41, 5.74) is 3.82. The van der Waals surface area contributed by atoms with Crippen LogP contribution in [0.3, 0.4) is 0 Å². The second-order valence-corrected chi connectivity index (χ2v) is 6.59. The summed E-state index contributed by atoms with van der Waals surface area (Å²) in [5, 5.41) is 1.85. The Kier molecular flexibility index (Phi) is 2.44. The summed E-state index contributed by atoms with van der Waals surface area (Å²) in [6.45, 7) is 3.37. The Morgan fingerprint density at radius 1 is 1.04 bits per heavy atom. The summed E-state index contributed by atoms with van der Waals surface area (Å²) >= 11 is 0. The maximum atomic E-state index is 8.00. The van der Waals surface area contributed by atoms with Crippen molar-refractivity contribution < 1.29 is 8.53 Å². The molecule has 5 rings (SSSR count). The van der Waals surface area contributed by atoms with Crippen molar-refractivity contribution in [2.24, 2.45) is 0 Å². The number of pyridine rings is 1. The van der Waals surface area contributed by atoms with E-state index in [1.807, 2.05) is 49.9 Å². The zero-order valence-corrected chi connectivity index (χ0v) is 14.7.